The zero-order valence-corrected chi connectivity index (χ0v) is 22.7. The van der Waals surface area contributed by atoms with Gasteiger partial charge in [0.05, 0.1) is 37.3 Å². The maximum atomic E-state index is 13.0. The lowest BCUT2D eigenvalue weighted by atomic mass is 10.1. The van der Waals surface area contributed by atoms with Crippen LogP contribution < -0.4 is 0 Å². The molecule has 0 bridgehead atoms. The summed E-state index contributed by atoms with van der Waals surface area (Å²) in [5, 5.41) is 0. The van der Waals surface area contributed by atoms with Gasteiger partial charge in [0.1, 0.15) is 6.54 Å². The van der Waals surface area contributed by atoms with Crippen LogP contribution in [0.5, 0.6) is 0 Å². The van der Waals surface area contributed by atoms with Crippen LogP contribution in [0.2, 0.25) is 0 Å². The van der Waals surface area contributed by atoms with Crippen LogP contribution in [0.3, 0.4) is 0 Å². The van der Waals surface area contributed by atoms with E-state index in [2.05, 4.69) is 0 Å². The second-order valence-corrected chi connectivity index (χ2v) is 10.8. The standard InChI is InChI=1S/C30H32F9N2/c1-41(2,21-24-9-15-27(16-10-24)30(37,38)39)18-4-3-17-40(19-22-5-11-25(12-6-22)28(31,32)33)20-23-7-13-26(14-8-23)29(34,35)36/h5-16H,3-4,17-21H2,1-2H3/q+1. The van der Waals surface area contributed by atoms with Crippen LogP contribution in [0.1, 0.15) is 46.2 Å². The van der Waals surface area contributed by atoms with Crippen molar-refractivity contribution in [2.24, 2.45) is 0 Å². The van der Waals surface area contributed by atoms with Gasteiger partial charge in [-0.3, -0.25) is 4.90 Å². The molecule has 0 saturated heterocycles. The van der Waals surface area contributed by atoms with Crippen LogP contribution >= 0.6 is 0 Å². The predicted octanol–water partition coefficient (Wildman–Crippen LogP) is 8.80. The summed E-state index contributed by atoms with van der Waals surface area (Å²) >= 11 is 0. The molecule has 2 nitrogen and oxygen atoms in total. The predicted molar refractivity (Wildman–Crippen MR) is 138 cm³/mol. The summed E-state index contributed by atoms with van der Waals surface area (Å²) in [6, 6.07) is 14.7. The molecule has 41 heavy (non-hydrogen) atoms. The van der Waals surface area contributed by atoms with Crippen LogP contribution in [0.15, 0.2) is 72.8 Å². The summed E-state index contributed by atoms with van der Waals surface area (Å²) < 4.78 is 117. The van der Waals surface area contributed by atoms with Crippen molar-refractivity contribution in [1.82, 2.24) is 4.90 Å². The molecule has 0 aromatic heterocycles. The van der Waals surface area contributed by atoms with Gasteiger partial charge in [-0.2, -0.15) is 39.5 Å². The normalized spacial score (nSPS) is 13.2. The second-order valence-electron chi connectivity index (χ2n) is 10.8. The summed E-state index contributed by atoms with van der Waals surface area (Å²) in [6.07, 6.45) is -11.8. The fraction of sp³-hybridized carbons (Fsp3) is 0.400. The number of alkyl halides is 9. The zero-order chi connectivity index (χ0) is 30.5. The van der Waals surface area contributed by atoms with Gasteiger partial charge in [-0.1, -0.05) is 36.4 Å². The Morgan fingerprint density at radius 3 is 1.20 bits per heavy atom. The number of halogens is 9. The van der Waals surface area contributed by atoms with Crippen molar-refractivity contribution in [2.75, 3.05) is 27.2 Å². The molecule has 3 aromatic carbocycles. The minimum atomic E-state index is -4.45. The Labute approximate surface area is 233 Å². The number of rotatable bonds is 11. The molecular formula is C30H32F9N2+. The molecule has 3 aromatic rings. The molecule has 0 aliphatic carbocycles. The van der Waals surface area contributed by atoms with Crippen LogP contribution in [0.25, 0.3) is 0 Å². The average Bonchev–Trinajstić information content (AvgIpc) is 2.86. The number of unbranched alkanes of at least 4 members (excludes halogenated alkanes) is 1. The van der Waals surface area contributed by atoms with Gasteiger partial charge in [0.15, 0.2) is 0 Å². The van der Waals surface area contributed by atoms with E-state index in [0.717, 1.165) is 54.9 Å². The number of quaternary nitrogens is 1. The third-order valence-corrected chi connectivity index (χ3v) is 6.75. The molecule has 0 unspecified atom stereocenters. The Kier molecular flexibility index (Phi) is 10.2. The molecule has 224 valence electrons. The first-order valence-corrected chi connectivity index (χ1v) is 13.0. The zero-order valence-electron chi connectivity index (χ0n) is 22.7. The SMILES string of the molecule is C[N+](C)(CCCCN(Cc1ccc(C(F)(F)F)cc1)Cc1ccc(C(F)(F)F)cc1)Cc1ccc(C(F)(F)F)cc1. The molecule has 0 N–H and O–H groups in total. The number of nitrogens with zero attached hydrogens (tertiary/aromatic N) is 2. The molecule has 0 aliphatic heterocycles. The Bertz CT molecular complexity index is 1170. The smallest absolute Gasteiger partial charge is 0.325 e. The van der Waals surface area contributed by atoms with Gasteiger partial charge in [0, 0.05) is 18.7 Å². The van der Waals surface area contributed by atoms with Gasteiger partial charge >= 0.3 is 18.5 Å². The van der Waals surface area contributed by atoms with Gasteiger partial charge in [0.25, 0.3) is 0 Å². The van der Waals surface area contributed by atoms with Crippen molar-refractivity contribution in [3.05, 3.63) is 106 Å². The van der Waals surface area contributed by atoms with Crippen molar-refractivity contribution < 1.29 is 44.0 Å². The Morgan fingerprint density at radius 1 is 0.512 bits per heavy atom. The highest BCUT2D eigenvalue weighted by Crippen LogP contribution is 2.31. The van der Waals surface area contributed by atoms with E-state index in [1.165, 1.54) is 36.4 Å². The maximum Gasteiger partial charge on any atom is 0.416 e. The number of benzene rings is 3. The van der Waals surface area contributed by atoms with Crippen LogP contribution in [0, 0.1) is 0 Å². The third kappa shape index (κ3) is 10.4. The van der Waals surface area contributed by atoms with E-state index in [-0.39, 0.29) is 0 Å². The van der Waals surface area contributed by atoms with Gasteiger partial charge in [-0.15, -0.1) is 0 Å². The average molecular weight is 592 g/mol. The maximum absolute atomic E-state index is 13.0. The second kappa shape index (κ2) is 12.9. The van der Waals surface area contributed by atoms with Crippen LogP contribution in [0.4, 0.5) is 39.5 Å². The van der Waals surface area contributed by atoms with E-state index in [4.69, 9.17) is 0 Å². The van der Waals surface area contributed by atoms with Crippen molar-refractivity contribution in [2.45, 2.75) is 51.0 Å². The molecule has 0 aliphatic rings. The molecule has 11 heteroatoms. The molecule has 0 radical (unpaired) electrons. The minimum absolute atomic E-state index is 0.308. The summed E-state index contributed by atoms with van der Waals surface area (Å²) in [5.74, 6) is 0. The van der Waals surface area contributed by atoms with E-state index >= 15 is 0 Å². The first kappa shape index (κ1) is 32.5. The van der Waals surface area contributed by atoms with Crippen molar-refractivity contribution in [3.63, 3.8) is 0 Å². The van der Waals surface area contributed by atoms with Gasteiger partial charge < -0.3 is 4.48 Å². The van der Waals surface area contributed by atoms with Crippen molar-refractivity contribution in [1.29, 1.82) is 0 Å². The fourth-order valence-corrected chi connectivity index (χ4v) is 4.58. The van der Waals surface area contributed by atoms with E-state index in [0.29, 0.717) is 48.2 Å². The Morgan fingerprint density at radius 2 is 0.854 bits per heavy atom. The van der Waals surface area contributed by atoms with E-state index in [9.17, 15) is 39.5 Å². The first-order valence-electron chi connectivity index (χ1n) is 13.0. The molecule has 0 amide bonds. The number of hydrogen-bond donors (Lipinski definition) is 0. The molecule has 0 heterocycles. The van der Waals surface area contributed by atoms with Crippen LogP contribution in [-0.4, -0.2) is 36.6 Å². The Balaban J connectivity index is 1.62. The van der Waals surface area contributed by atoms with E-state index in [1.54, 1.807) is 0 Å². The lowest BCUT2D eigenvalue weighted by molar-refractivity contribution is -0.903. The lowest BCUT2D eigenvalue weighted by Crippen LogP contribution is -2.39. The third-order valence-electron chi connectivity index (χ3n) is 6.75. The largest absolute Gasteiger partial charge is 0.416 e. The molecule has 0 fully saturated rings. The van der Waals surface area contributed by atoms with Crippen molar-refractivity contribution in [3.8, 4) is 0 Å². The van der Waals surface area contributed by atoms with E-state index in [1.807, 2.05) is 19.0 Å². The molecular weight excluding hydrogens is 559 g/mol. The topological polar surface area (TPSA) is 3.24 Å². The van der Waals surface area contributed by atoms with Crippen molar-refractivity contribution >= 4 is 0 Å². The van der Waals surface area contributed by atoms with E-state index < -0.39 is 35.2 Å². The Hall–Kier alpha value is -3.05. The van der Waals surface area contributed by atoms with Gasteiger partial charge in [0.2, 0.25) is 0 Å². The summed E-state index contributed by atoms with van der Waals surface area (Å²) in [6.45, 7) is 2.41. The van der Waals surface area contributed by atoms with Crippen LogP contribution in [-0.2, 0) is 38.2 Å². The fourth-order valence-electron chi connectivity index (χ4n) is 4.58. The monoisotopic (exact) mass is 591 g/mol. The molecule has 0 saturated carbocycles. The van der Waals surface area contributed by atoms with Gasteiger partial charge in [-0.25, -0.2) is 0 Å². The molecule has 0 atom stereocenters. The number of hydrogen-bond acceptors (Lipinski definition) is 1. The highest BCUT2D eigenvalue weighted by atomic mass is 19.4. The summed E-state index contributed by atoms with van der Waals surface area (Å²) in [5.41, 5.74) is -0.166. The summed E-state index contributed by atoms with van der Waals surface area (Å²) in [4.78, 5) is 1.97. The molecule has 0 spiro atoms. The summed E-state index contributed by atoms with van der Waals surface area (Å²) in [7, 11) is 3.94. The van der Waals surface area contributed by atoms with Gasteiger partial charge in [-0.05, 0) is 66.9 Å². The minimum Gasteiger partial charge on any atom is -0.325 e. The lowest BCUT2D eigenvalue weighted by Gasteiger charge is -2.30. The highest BCUT2D eigenvalue weighted by molar-refractivity contribution is 5.27. The first-order chi connectivity index (χ1) is 18.9. The highest BCUT2D eigenvalue weighted by Gasteiger charge is 2.31. The quantitative estimate of drug-likeness (QED) is 0.122. The molecule has 3 rings (SSSR count).